The van der Waals surface area contributed by atoms with E-state index in [1.54, 1.807) is 12.4 Å². The van der Waals surface area contributed by atoms with Crippen LogP contribution in [0.2, 0.25) is 0 Å². The van der Waals surface area contributed by atoms with Crippen molar-refractivity contribution in [1.29, 1.82) is 0 Å². The monoisotopic (exact) mass is 235 g/mol. The smallest absolute Gasteiger partial charge is 0.224 e. The van der Waals surface area contributed by atoms with Gasteiger partial charge < -0.3 is 4.90 Å². The van der Waals surface area contributed by atoms with Crippen molar-refractivity contribution in [3.63, 3.8) is 0 Å². The van der Waals surface area contributed by atoms with Crippen LogP contribution in [0.25, 0.3) is 0 Å². The minimum absolute atomic E-state index is 0.418. The number of aromatic nitrogens is 2. The van der Waals surface area contributed by atoms with Crippen molar-refractivity contribution in [2.75, 3.05) is 18.5 Å². The summed E-state index contributed by atoms with van der Waals surface area (Å²) in [5, 5.41) is 0. The van der Waals surface area contributed by atoms with E-state index in [-0.39, 0.29) is 0 Å². The number of rotatable bonds is 5. The molecular formula is C14H25N3. The van der Waals surface area contributed by atoms with Crippen LogP contribution >= 0.6 is 0 Å². The highest BCUT2D eigenvalue weighted by Gasteiger charge is 2.15. The van der Waals surface area contributed by atoms with Gasteiger partial charge in [-0.25, -0.2) is 9.97 Å². The molecule has 96 valence electrons. The molecule has 0 saturated heterocycles. The first-order chi connectivity index (χ1) is 7.88. The van der Waals surface area contributed by atoms with E-state index in [4.69, 9.17) is 0 Å². The molecule has 3 heteroatoms. The molecule has 0 fully saturated rings. The largest absolute Gasteiger partial charge is 0.344 e. The van der Waals surface area contributed by atoms with E-state index in [2.05, 4.69) is 49.6 Å². The van der Waals surface area contributed by atoms with E-state index >= 15 is 0 Å². The molecule has 1 atom stereocenters. The maximum absolute atomic E-state index is 4.25. The Kier molecular flexibility index (Phi) is 4.91. The molecule has 0 aliphatic rings. The summed E-state index contributed by atoms with van der Waals surface area (Å²) in [5.41, 5.74) is 0.418. The molecule has 0 bridgehead atoms. The first kappa shape index (κ1) is 13.9. The second-order valence-electron chi connectivity index (χ2n) is 6.13. The average molecular weight is 235 g/mol. The molecule has 1 unspecified atom stereocenters. The zero-order valence-electron chi connectivity index (χ0n) is 11.8. The molecule has 0 N–H and O–H groups in total. The number of hydrogen-bond donors (Lipinski definition) is 0. The molecule has 3 nitrogen and oxygen atoms in total. The third kappa shape index (κ3) is 5.66. The summed E-state index contributed by atoms with van der Waals surface area (Å²) in [6.07, 6.45) is 6.03. The number of nitrogens with zero attached hydrogens (tertiary/aromatic N) is 3. The molecule has 0 spiro atoms. The van der Waals surface area contributed by atoms with Gasteiger partial charge in [0.15, 0.2) is 0 Å². The Morgan fingerprint density at radius 3 is 2.35 bits per heavy atom. The SMILES string of the molecule is CC(CCN(C)c1ncccn1)CC(C)(C)C. The van der Waals surface area contributed by atoms with Crippen LogP contribution in [-0.4, -0.2) is 23.6 Å². The fraction of sp³-hybridized carbons (Fsp3) is 0.714. The summed E-state index contributed by atoms with van der Waals surface area (Å²) in [4.78, 5) is 10.6. The van der Waals surface area contributed by atoms with Crippen LogP contribution in [0.3, 0.4) is 0 Å². The van der Waals surface area contributed by atoms with Crippen molar-refractivity contribution < 1.29 is 0 Å². The quantitative estimate of drug-likeness (QED) is 0.783. The molecule has 1 aromatic rings. The molecule has 0 aromatic carbocycles. The van der Waals surface area contributed by atoms with E-state index in [0.717, 1.165) is 18.4 Å². The highest BCUT2D eigenvalue weighted by Crippen LogP contribution is 2.26. The average Bonchev–Trinajstić information content (AvgIpc) is 2.25. The standard InChI is InChI=1S/C14H25N3/c1-12(11-14(2,3)4)7-10-17(5)13-15-8-6-9-16-13/h6,8-9,12H,7,10-11H2,1-5H3. The minimum atomic E-state index is 0.418. The van der Waals surface area contributed by atoms with E-state index in [1.807, 2.05) is 6.07 Å². The Balaban J connectivity index is 2.36. The van der Waals surface area contributed by atoms with E-state index < -0.39 is 0 Å². The predicted octanol–water partition coefficient (Wildman–Crippen LogP) is 3.38. The van der Waals surface area contributed by atoms with Crippen LogP contribution in [0.15, 0.2) is 18.5 Å². The lowest BCUT2D eigenvalue weighted by Crippen LogP contribution is -2.23. The van der Waals surface area contributed by atoms with Gasteiger partial charge in [-0.05, 0) is 30.2 Å². The Bertz CT molecular complexity index is 316. The van der Waals surface area contributed by atoms with Gasteiger partial charge in [-0.3, -0.25) is 0 Å². The molecule has 0 saturated carbocycles. The molecule has 0 amide bonds. The van der Waals surface area contributed by atoms with E-state index in [9.17, 15) is 0 Å². The Labute approximate surface area is 105 Å². The fourth-order valence-electron chi connectivity index (χ4n) is 2.15. The molecule has 0 aliphatic carbocycles. The van der Waals surface area contributed by atoms with Crippen molar-refractivity contribution in [2.45, 2.75) is 40.5 Å². The van der Waals surface area contributed by atoms with E-state index in [1.165, 1.54) is 12.8 Å². The number of anilines is 1. The summed E-state index contributed by atoms with van der Waals surface area (Å²) in [5.74, 6) is 1.55. The lowest BCUT2D eigenvalue weighted by Gasteiger charge is -2.25. The van der Waals surface area contributed by atoms with Gasteiger partial charge in [-0.15, -0.1) is 0 Å². The van der Waals surface area contributed by atoms with Gasteiger partial charge in [0.2, 0.25) is 5.95 Å². The van der Waals surface area contributed by atoms with Gasteiger partial charge in [0, 0.05) is 26.0 Å². The summed E-state index contributed by atoms with van der Waals surface area (Å²) >= 11 is 0. The highest BCUT2D eigenvalue weighted by molar-refractivity contribution is 5.25. The summed E-state index contributed by atoms with van der Waals surface area (Å²) < 4.78 is 0. The second kappa shape index (κ2) is 5.99. The van der Waals surface area contributed by atoms with Gasteiger partial charge >= 0.3 is 0 Å². The van der Waals surface area contributed by atoms with Gasteiger partial charge in [0.1, 0.15) is 0 Å². The lowest BCUT2D eigenvalue weighted by atomic mass is 9.84. The normalized spacial score (nSPS) is 13.5. The van der Waals surface area contributed by atoms with Crippen LogP contribution in [-0.2, 0) is 0 Å². The van der Waals surface area contributed by atoms with Crippen LogP contribution < -0.4 is 4.90 Å². The van der Waals surface area contributed by atoms with E-state index in [0.29, 0.717) is 5.41 Å². The first-order valence-corrected chi connectivity index (χ1v) is 6.36. The Morgan fingerprint density at radius 1 is 1.24 bits per heavy atom. The first-order valence-electron chi connectivity index (χ1n) is 6.36. The molecule has 1 heterocycles. The molecule has 1 rings (SSSR count). The maximum Gasteiger partial charge on any atom is 0.224 e. The van der Waals surface area contributed by atoms with Crippen molar-refractivity contribution in [1.82, 2.24) is 9.97 Å². The van der Waals surface area contributed by atoms with Crippen LogP contribution in [0, 0.1) is 11.3 Å². The molecule has 0 radical (unpaired) electrons. The zero-order valence-corrected chi connectivity index (χ0v) is 11.8. The minimum Gasteiger partial charge on any atom is -0.344 e. The maximum atomic E-state index is 4.25. The highest BCUT2D eigenvalue weighted by atomic mass is 15.2. The Morgan fingerprint density at radius 2 is 1.82 bits per heavy atom. The van der Waals surface area contributed by atoms with Crippen molar-refractivity contribution >= 4 is 5.95 Å². The predicted molar refractivity (Wildman–Crippen MR) is 73.2 cm³/mol. The number of hydrogen-bond acceptors (Lipinski definition) is 3. The molecule has 1 aromatic heterocycles. The Hall–Kier alpha value is -1.12. The zero-order chi connectivity index (χ0) is 12.9. The molecule has 17 heavy (non-hydrogen) atoms. The van der Waals surface area contributed by atoms with Crippen molar-refractivity contribution in [3.05, 3.63) is 18.5 Å². The van der Waals surface area contributed by atoms with Crippen LogP contribution in [0.5, 0.6) is 0 Å². The summed E-state index contributed by atoms with van der Waals surface area (Å²) in [6, 6.07) is 1.85. The van der Waals surface area contributed by atoms with Gasteiger partial charge in [0.05, 0.1) is 0 Å². The third-order valence-electron chi connectivity index (χ3n) is 2.81. The topological polar surface area (TPSA) is 29.0 Å². The van der Waals surface area contributed by atoms with Crippen molar-refractivity contribution in [2.24, 2.45) is 11.3 Å². The van der Waals surface area contributed by atoms with Crippen LogP contribution in [0.1, 0.15) is 40.5 Å². The summed E-state index contributed by atoms with van der Waals surface area (Å²) in [6.45, 7) is 10.2. The van der Waals surface area contributed by atoms with Gasteiger partial charge in [0.25, 0.3) is 0 Å². The van der Waals surface area contributed by atoms with Crippen LogP contribution in [0.4, 0.5) is 5.95 Å². The van der Waals surface area contributed by atoms with Crippen molar-refractivity contribution in [3.8, 4) is 0 Å². The van der Waals surface area contributed by atoms with Gasteiger partial charge in [-0.1, -0.05) is 27.7 Å². The molecular weight excluding hydrogens is 210 g/mol. The second-order valence-corrected chi connectivity index (χ2v) is 6.13. The fourth-order valence-corrected chi connectivity index (χ4v) is 2.15. The lowest BCUT2D eigenvalue weighted by molar-refractivity contribution is 0.298. The summed E-state index contributed by atoms with van der Waals surface area (Å²) in [7, 11) is 2.05. The molecule has 0 aliphatic heterocycles. The van der Waals surface area contributed by atoms with Gasteiger partial charge in [-0.2, -0.15) is 0 Å². The third-order valence-corrected chi connectivity index (χ3v) is 2.81.